The van der Waals surface area contributed by atoms with E-state index in [1.807, 2.05) is 13.8 Å². The molecule has 1 atom stereocenters. The van der Waals surface area contributed by atoms with Crippen LogP contribution in [0.2, 0.25) is 5.02 Å². The summed E-state index contributed by atoms with van der Waals surface area (Å²) in [6.45, 7) is 4.84. The van der Waals surface area contributed by atoms with Crippen LogP contribution in [0.4, 0.5) is 4.79 Å². The first-order valence-corrected chi connectivity index (χ1v) is 7.44. The average Bonchev–Trinajstić information content (AvgIpc) is 2.45. The summed E-state index contributed by atoms with van der Waals surface area (Å²) in [6, 6.07) is 6.77. The predicted molar refractivity (Wildman–Crippen MR) is 83.8 cm³/mol. The zero-order valence-electron chi connectivity index (χ0n) is 12.4. The lowest BCUT2D eigenvalue weighted by molar-refractivity contribution is 0.216. The maximum Gasteiger partial charge on any atom is 0.315 e. The molecule has 5 nitrogen and oxygen atoms in total. The summed E-state index contributed by atoms with van der Waals surface area (Å²) in [5, 5.41) is 15.2. The lowest BCUT2D eigenvalue weighted by Gasteiger charge is -2.21. The highest BCUT2D eigenvalue weighted by Gasteiger charge is 2.14. The summed E-state index contributed by atoms with van der Waals surface area (Å²) in [7, 11) is 0. The average molecular weight is 315 g/mol. The molecule has 0 aliphatic rings. The summed E-state index contributed by atoms with van der Waals surface area (Å²) in [5.41, 5.74) is 0. The fraction of sp³-hybridized carbons (Fsp3) is 0.533. The molecule has 0 spiro atoms. The van der Waals surface area contributed by atoms with Gasteiger partial charge in [-0.25, -0.2) is 4.79 Å². The summed E-state index contributed by atoms with van der Waals surface area (Å²) in [6.07, 6.45) is 0.548. The van der Waals surface area contributed by atoms with Gasteiger partial charge < -0.3 is 20.5 Å². The lowest BCUT2D eigenvalue weighted by atomic mass is 10.0. The Morgan fingerprint density at radius 3 is 2.57 bits per heavy atom. The number of ether oxygens (including phenoxy) is 1. The van der Waals surface area contributed by atoms with Crippen LogP contribution in [-0.2, 0) is 0 Å². The predicted octanol–water partition coefficient (Wildman–Crippen LogP) is 2.43. The number of amides is 2. The fourth-order valence-corrected chi connectivity index (χ4v) is 1.92. The Labute approximate surface area is 130 Å². The zero-order chi connectivity index (χ0) is 15.7. The molecule has 1 aromatic rings. The minimum Gasteiger partial charge on any atom is -0.492 e. The highest BCUT2D eigenvalue weighted by Crippen LogP contribution is 2.15. The van der Waals surface area contributed by atoms with Crippen molar-refractivity contribution in [3.63, 3.8) is 0 Å². The van der Waals surface area contributed by atoms with Crippen molar-refractivity contribution < 1.29 is 14.6 Å². The molecule has 0 saturated carbocycles. The second-order valence-electron chi connectivity index (χ2n) is 5.07. The minimum absolute atomic E-state index is 0.0350. The number of rotatable bonds is 8. The van der Waals surface area contributed by atoms with Gasteiger partial charge in [0.15, 0.2) is 0 Å². The highest BCUT2D eigenvalue weighted by molar-refractivity contribution is 6.30. The molecule has 0 saturated heterocycles. The molecule has 1 rings (SSSR count). The van der Waals surface area contributed by atoms with Gasteiger partial charge in [-0.2, -0.15) is 0 Å². The summed E-state index contributed by atoms with van der Waals surface area (Å²) < 4.78 is 5.47. The van der Waals surface area contributed by atoms with E-state index >= 15 is 0 Å². The number of carbonyl (C=O) groups excluding carboxylic acids is 1. The van der Waals surface area contributed by atoms with Gasteiger partial charge in [-0.3, -0.25) is 0 Å². The first-order chi connectivity index (χ1) is 10.0. The Bertz CT molecular complexity index is 423. The molecule has 0 aromatic heterocycles. The number of urea groups is 1. The zero-order valence-corrected chi connectivity index (χ0v) is 13.2. The van der Waals surface area contributed by atoms with Crippen LogP contribution in [0.15, 0.2) is 24.3 Å². The normalized spacial score (nSPS) is 12.0. The van der Waals surface area contributed by atoms with Crippen LogP contribution in [0.3, 0.4) is 0 Å². The van der Waals surface area contributed by atoms with Gasteiger partial charge in [-0.15, -0.1) is 0 Å². The van der Waals surface area contributed by atoms with E-state index in [0.29, 0.717) is 30.3 Å². The number of hydrogen-bond acceptors (Lipinski definition) is 3. The minimum atomic E-state index is -0.248. The van der Waals surface area contributed by atoms with Crippen LogP contribution in [0.25, 0.3) is 0 Å². The van der Waals surface area contributed by atoms with Gasteiger partial charge in [-0.05, 0) is 36.6 Å². The number of aliphatic hydroxyl groups is 1. The Morgan fingerprint density at radius 1 is 1.33 bits per heavy atom. The van der Waals surface area contributed by atoms with Crippen molar-refractivity contribution in [1.29, 1.82) is 0 Å². The van der Waals surface area contributed by atoms with Gasteiger partial charge in [0.2, 0.25) is 0 Å². The molecule has 0 aliphatic heterocycles. The summed E-state index contributed by atoms with van der Waals surface area (Å²) in [4.78, 5) is 11.7. The number of halogens is 1. The molecule has 118 valence electrons. The van der Waals surface area contributed by atoms with Crippen LogP contribution in [0.1, 0.15) is 20.3 Å². The number of benzene rings is 1. The monoisotopic (exact) mass is 314 g/mol. The van der Waals surface area contributed by atoms with Crippen molar-refractivity contribution in [3.05, 3.63) is 29.3 Å². The Hall–Kier alpha value is -1.46. The number of hydrogen-bond donors (Lipinski definition) is 3. The molecule has 21 heavy (non-hydrogen) atoms. The van der Waals surface area contributed by atoms with Gasteiger partial charge in [0.1, 0.15) is 12.4 Å². The highest BCUT2D eigenvalue weighted by atomic mass is 35.5. The van der Waals surface area contributed by atoms with E-state index in [1.54, 1.807) is 24.3 Å². The molecule has 0 bridgehead atoms. The second-order valence-corrected chi connectivity index (χ2v) is 5.50. The third-order valence-electron chi connectivity index (χ3n) is 3.03. The topological polar surface area (TPSA) is 70.6 Å². The van der Waals surface area contributed by atoms with Gasteiger partial charge >= 0.3 is 6.03 Å². The van der Waals surface area contributed by atoms with E-state index in [-0.39, 0.29) is 24.6 Å². The Morgan fingerprint density at radius 2 is 2.00 bits per heavy atom. The van der Waals surface area contributed by atoms with E-state index in [0.717, 1.165) is 0 Å². The first kappa shape index (κ1) is 17.6. The van der Waals surface area contributed by atoms with Crippen molar-refractivity contribution in [2.24, 2.45) is 5.92 Å². The van der Waals surface area contributed by atoms with Crippen LogP contribution in [-0.4, -0.2) is 36.9 Å². The molecule has 2 amide bonds. The molecular formula is C15H23ClN2O3. The maximum atomic E-state index is 11.7. The second kappa shape index (κ2) is 9.47. The number of aliphatic hydroxyl groups excluding tert-OH is 1. The van der Waals surface area contributed by atoms with Crippen LogP contribution in [0.5, 0.6) is 5.75 Å². The number of carbonyl (C=O) groups is 1. The van der Waals surface area contributed by atoms with Crippen molar-refractivity contribution >= 4 is 17.6 Å². The molecule has 0 radical (unpaired) electrons. The molecule has 0 aliphatic carbocycles. The Kier molecular flexibility index (Phi) is 7.93. The molecule has 1 unspecified atom stereocenters. The van der Waals surface area contributed by atoms with Crippen LogP contribution < -0.4 is 15.4 Å². The largest absolute Gasteiger partial charge is 0.492 e. The first-order valence-electron chi connectivity index (χ1n) is 7.06. The van der Waals surface area contributed by atoms with E-state index in [4.69, 9.17) is 21.4 Å². The third kappa shape index (κ3) is 7.20. The SMILES string of the molecule is CC(C)C(CCO)NC(=O)NCCOc1ccc(Cl)cc1. The van der Waals surface area contributed by atoms with Crippen molar-refractivity contribution in [2.45, 2.75) is 26.3 Å². The van der Waals surface area contributed by atoms with Gasteiger partial charge in [0.05, 0.1) is 6.54 Å². The Balaban J connectivity index is 2.22. The lowest BCUT2D eigenvalue weighted by Crippen LogP contribution is -2.45. The van der Waals surface area contributed by atoms with E-state index < -0.39 is 0 Å². The van der Waals surface area contributed by atoms with Crippen LogP contribution in [0, 0.1) is 5.92 Å². The van der Waals surface area contributed by atoms with Gasteiger partial charge in [0.25, 0.3) is 0 Å². The molecule has 0 fully saturated rings. The van der Waals surface area contributed by atoms with Crippen molar-refractivity contribution in [2.75, 3.05) is 19.8 Å². The summed E-state index contributed by atoms with van der Waals surface area (Å²) in [5.74, 6) is 0.982. The summed E-state index contributed by atoms with van der Waals surface area (Å²) >= 11 is 5.78. The van der Waals surface area contributed by atoms with Crippen LogP contribution >= 0.6 is 11.6 Å². The number of nitrogens with one attached hydrogen (secondary N) is 2. The fourth-order valence-electron chi connectivity index (χ4n) is 1.79. The van der Waals surface area contributed by atoms with E-state index in [2.05, 4.69) is 10.6 Å². The molecule has 0 heterocycles. The van der Waals surface area contributed by atoms with Crippen molar-refractivity contribution in [1.82, 2.24) is 10.6 Å². The third-order valence-corrected chi connectivity index (χ3v) is 3.28. The molecule has 1 aromatic carbocycles. The van der Waals surface area contributed by atoms with E-state index in [1.165, 1.54) is 0 Å². The van der Waals surface area contributed by atoms with Crippen molar-refractivity contribution in [3.8, 4) is 5.75 Å². The van der Waals surface area contributed by atoms with Gasteiger partial charge in [0, 0.05) is 17.7 Å². The smallest absolute Gasteiger partial charge is 0.315 e. The standard InChI is InChI=1S/C15H23ClN2O3/c1-11(2)14(7-9-19)18-15(20)17-8-10-21-13-5-3-12(16)4-6-13/h3-6,11,14,19H,7-10H2,1-2H3,(H2,17,18,20). The maximum absolute atomic E-state index is 11.7. The molecule has 3 N–H and O–H groups in total. The molecule has 6 heteroatoms. The quantitative estimate of drug-likeness (QED) is 0.645. The van der Waals surface area contributed by atoms with Gasteiger partial charge in [-0.1, -0.05) is 25.4 Å². The molecular weight excluding hydrogens is 292 g/mol. The van der Waals surface area contributed by atoms with E-state index in [9.17, 15) is 4.79 Å².